The van der Waals surface area contributed by atoms with E-state index in [1.807, 2.05) is 0 Å². The fourth-order valence-electron chi connectivity index (χ4n) is 0.780. The van der Waals surface area contributed by atoms with E-state index < -0.39 is 0 Å². The molecular formula is C8H17Na. The second kappa shape index (κ2) is 11.8. The van der Waals surface area contributed by atoms with Crippen molar-refractivity contribution in [2.45, 2.75) is 45.4 Å². The van der Waals surface area contributed by atoms with Crippen LogP contribution in [0.1, 0.15) is 45.4 Å². The van der Waals surface area contributed by atoms with Gasteiger partial charge in [0.2, 0.25) is 0 Å². The van der Waals surface area contributed by atoms with Crippen molar-refractivity contribution in [3.63, 3.8) is 0 Å². The van der Waals surface area contributed by atoms with Crippen molar-refractivity contribution in [1.82, 2.24) is 0 Å². The fourth-order valence-corrected chi connectivity index (χ4v) is 0.780. The van der Waals surface area contributed by atoms with Gasteiger partial charge in [0, 0.05) is 0 Å². The molecule has 0 aromatic rings. The molecule has 50 valence electrons. The quantitative estimate of drug-likeness (QED) is 0.287. The SMILES string of the molecule is [CH2-]CCCCCCC.[Na+]. The number of unbranched alkanes of at least 4 members (excludes halogenated alkanes) is 5. The zero-order valence-corrected chi connectivity index (χ0v) is 8.95. The van der Waals surface area contributed by atoms with Gasteiger partial charge in [0.05, 0.1) is 0 Å². The van der Waals surface area contributed by atoms with E-state index in [0.717, 1.165) is 6.42 Å². The van der Waals surface area contributed by atoms with Gasteiger partial charge >= 0.3 is 29.6 Å². The largest absolute Gasteiger partial charge is 1.00 e. The van der Waals surface area contributed by atoms with E-state index in [1.165, 1.54) is 32.1 Å². The molecule has 0 rings (SSSR count). The topological polar surface area (TPSA) is 0 Å². The standard InChI is InChI=1S/C8H17.Na/c1-3-5-7-8-6-4-2;/h1,3-8H2,2H3;/q-1;+1. The first-order valence-corrected chi connectivity index (χ1v) is 3.71. The van der Waals surface area contributed by atoms with Gasteiger partial charge in [0.25, 0.3) is 0 Å². The summed E-state index contributed by atoms with van der Waals surface area (Å²) in [5.74, 6) is 0. The van der Waals surface area contributed by atoms with Gasteiger partial charge in [0.1, 0.15) is 0 Å². The molecule has 0 aromatic heterocycles. The van der Waals surface area contributed by atoms with Crippen LogP contribution in [0.25, 0.3) is 0 Å². The molecule has 1 heteroatoms. The van der Waals surface area contributed by atoms with Crippen LogP contribution in [0.5, 0.6) is 0 Å². The molecule has 9 heavy (non-hydrogen) atoms. The van der Waals surface area contributed by atoms with Crippen LogP contribution in [0.4, 0.5) is 0 Å². The van der Waals surface area contributed by atoms with Crippen molar-refractivity contribution < 1.29 is 29.6 Å². The minimum Gasteiger partial charge on any atom is -0.343 e. The van der Waals surface area contributed by atoms with Gasteiger partial charge < -0.3 is 6.92 Å². The number of rotatable bonds is 5. The zero-order valence-electron chi connectivity index (χ0n) is 6.95. The molecule has 0 saturated heterocycles. The summed E-state index contributed by atoms with van der Waals surface area (Å²) in [6.45, 7) is 6.02. The predicted octanol–water partition coefficient (Wildman–Crippen LogP) is 0.185. The van der Waals surface area contributed by atoms with Crippen molar-refractivity contribution in [3.8, 4) is 0 Å². The Balaban J connectivity index is 0. The fraction of sp³-hybridized carbons (Fsp3) is 0.875. The summed E-state index contributed by atoms with van der Waals surface area (Å²) in [6.07, 6.45) is 7.98. The van der Waals surface area contributed by atoms with Gasteiger partial charge in [-0.3, -0.25) is 0 Å². The minimum absolute atomic E-state index is 0. The van der Waals surface area contributed by atoms with Crippen LogP contribution >= 0.6 is 0 Å². The summed E-state index contributed by atoms with van der Waals surface area (Å²) < 4.78 is 0. The Morgan fingerprint density at radius 1 is 1.00 bits per heavy atom. The van der Waals surface area contributed by atoms with Crippen LogP contribution in [-0.4, -0.2) is 0 Å². The molecule has 0 nitrogen and oxygen atoms in total. The Morgan fingerprint density at radius 2 is 1.56 bits per heavy atom. The molecule has 0 aliphatic carbocycles. The van der Waals surface area contributed by atoms with Crippen LogP contribution in [0.15, 0.2) is 0 Å². The average molecular weight is 136 g/mol. The summed E-state index contributed by atoms with van der Waals surface area (Å²) in [5, 5.41) is 0. The summed E-state index contributed by atoms with van der Waals surface area (Å²) in [7, 11) is 0. The average Bonchev–Trinajstić information content (AvgIpc) is 1.81. The van der Waals surface area contributed by atoms with E-state index >= 15 is 0 Å². The van der Waals surface area contributed by atoms with E-state index in [2.05, 4.69) is 13.8 Å². The third-order valence-corrected chi connectivity index (χ3v) is 1.35. The molecule has 0 bridgehead atoms. The van der Waals surface area contributed by atoms with Gasteiger partial charge in [-0.25, -0.2) is 0 Å². The molecule has 0 amide bonds. The van der Waals surface area contributed by atoms with Crippen LogP contribution < -0.4 is 29.6 Å². The molecule has 0 atom stereocenters. The van der Waals surface area contributed by atoms with Crippen molar-refractivity contribution in [2.75, 3.05) is 0 Å². The minimum atomic E-state index is 0. The molecule has 0 N–H and O–H groups in total. The monoisotopic (exact) mass is 136 g/mol. The van der Waals surface area contributed by atoms with Gasteiger partial charge in [0.15, 0.2) is 0 Å². The first-order valence-electron chi connectivity index (χ1n) is 3.71. The van der Waals surface area contributed by atoms with Gasteiger partial charge in [-0.1, -0.05) is 39.0 Å². The van der Waals surface area contributed by atoms with E-state index in [4.69, 9.17) is 0 Å². The molecular weight excluding hydrogens is 119 g/mol. The third kappa shape index (κ3) is 12.2. The molecule has 0 aromatic carbocycles. The predicted molar refractivity (Wildman–Crippen MR) is 38.7 cm³/mol. The third-order valence-electron chi connectivity index (χ3n) is 1.35. The molecule has 0 aliphatic rings. The van der Waals surface area contributed by atoms with Crippen LogP contribution in [-0.2, 0) is 0 Å². The molecule has 0 heterocycles. The zero-order chi connectivity index (χ0) is 6.24. The maximum atomic E-state index is 3.78. The Kier molecular flexibility index (Phi) is 16.5. The number of hydrogen-bond acceptors (Lipinski definition) is 0. The van der Waals surface area contributed by atoms with Crippen LogP contribution in [0, 0.1) is 6.92 Å². The van der Waals surface area contributed by atoms with E-state index in [-0.39, 0.29) is 29.6 Å². The normalized spacial score (nSPS) is 8.67. The smallest absolute Gasteiger partial charge is 0.343 e. The van der Waals surface area contributed by atoms with Crippen molar-refractivity contribution in [3.05, 3.63) is 6.92 Å². The molecule has 0 saturated carbocycles. The van der Waals surface area contributed by atoms with Crippen LogP contribution in [0.2, 0.25) is 0 Å². The van der Waals surface area contributed by atoms with Gasteiger partial charge in [-0.2, -0.15) is 6.42 Å². The van der Waals surface area contributed by atoms with Gasteiger partial charge in [-0.15, -0.1) is 0 Å². The second-order valence-electron chi connectivity index (χ2n) is 2.27. The van der Waals surface area contributed by atoms with E-state index in [0.29, 0.717) is 0 Å². The Hall–Kier alpha value is 1.00. The first kappa shape index (κ1) is 12.7. The van der Waals surface area contributed by atoms with Crippen molar-refractivity contribution in [1.29, 1.82) is 0 Å². The van der Waals surface area contributed by atoms with Gasteiger partial charge in [-0.05, 0) is 0 Å². The van der Waals surface area contributed by atoms with E-state index in [1.54, 1.807) is 0 Å². The Morgan fingerprint density at radius 3 is 2.00 bits per heavy atom. The molecule has 0 radical (unpaired) electrons. The molecule has 0 spiro atoms. The molecule has 0 unspecified atom stereocenters. The Labute approximate surface area is 81.7 Å². The summed E-state index contributed by atoms with van der Waals surface area (Å²) in [6, 6.07) is 0. The maximum Gasteiger partial charge on any atom is 1.00 e. The maximum absolute atomic E-state index is 3.78. The van der Waals surface area contributed by atoms with E-state index in [9.17, 15) is 0 Å². The summed E-state index contributed by atoms with van der Waals surface area (Å²) in [5.41, 5.74) is 0. The second-order valence-corrected chi connectivity index (χ2v) is 2.27. The Bertz CT molecular complexity index is 29.5. The summed E-state index contributed by atoms with van der Waals surface area (Å²) >= 11 is 0. The molecule has 0 aliphatic heterocycles. The van der Waals surface area contributed by atoms with Crippen molar-refractivity contribution >= 4 is 0 Å². The summed E-state index contributed by atoms with van der Waals surface area (Å²) in [4.78, 5) is 0. The van der Waals surface area contributed by atoms with Crippen molar-refractivity contribution in [2.24, 2.45) is 0 Å². The first-order chi connectivity index (χ1) is 3.91. The molecule has 0 fully saturated rings. The number of hydrogen-bond donors (Lipinski definition) is 0. The van der Waals surface area contributed by atoms with Crippen LogP contribution in [0.3, 0.4) is 0 Å².